The number of pyridine rings is 2. The Kier molecular flexibility index (Phi) is 6.92. The molecule has 11 heteroatoms. The molecule has 10 nitrogen and oxygen atoms in total. The molecule has 1 atom stereocenters. The fourth-order valence-corrected chi connectivity index (χ4v) is 3.93. The molecule has 1 aliphatic rings. The number of carbonyl (C=O) groups excluding carboxylic acids is 2. The van der Waals surface area contributed by atoms with Gasteiger partial charge in [-0.25, -0.2) is 19.4 Å². The number of piperidine rings is 1. The lowest BCUT2D eigenvalue weighted by Crippen LogP contribution is -2.43. The number of likely N-dealkylation sites (tertiary alicyclic amines) is 1. The van der Waals surface area contributed by atoms with Gasteiger partial charge in [-0.05, 0) is 73.8 Å². The van der Waals surface area contributed by atoms with Gasteiger partial charge in [-0.2, -0.15) is 0 Å². The van der Waals surface area contributed by atoms with Crippen molar-refractivity contribution in [2.45, 2.75) is 45.3 Å². The van der Waals surface area contributed by atoms with E-state index in [1.807, 2.05) is 33.0 Å². The third kappa shape index (κ3) is 5.96. The Morgan fingerprint density at radius 1 is 1.21 bits per heavy atom. The van der Waals surface area contributed by atoms with Crippen LogP contribution in [-0.2, 0) is 4.74 Å². The number of nitrogens with one attached hydrogen (secondary N) is 1. The highest BCUT2D eigenvalue weighted by atomic mass is 79.9. The van der Waals surface area contributed by atoms with Crippen molar-refractivity contribution in [1.29, 1.82) is 0 Å². The molecule has 34 heavy (non-hydrogen) atoms. The minimum atomic E-state index is -0.530. The van der Waals surface area contributed by atoms with Crippen molar-refractivity contribution >= 4 is 33.7 Å². The molecule has 178 valence electrons. The average molecular weight is 528 g/mol. The van der Waals surface area contributed by atoms with Crippen LogP contribution in [0.1, 0.15) is 50.1 Å². The van der Waals surface area contributed by atoms with Gasteiger partial charge in [0.1, 0.15) is 27.4 Å². The summed E-state index contributed by atoms with van der Waals surface area (Å²) in [7, 11) is 0. The Hall–Kier alpha value is -3.34. The molecular formula is C23H26BrN7O3. The SMILES string of the molecule is CC(C)(C)OC(=O)N1CCCC(n2cc(-c3ccc(NC(=O)c4cccc(Br)n4)nc3)nn2)C1. The van der Waals surface area contributed by atoms with E-state index >= 15 is 0 Å². The first-order chi connectivity index (χ1) is 16.2. The van der Waals surface area contributed by atoms with E-state index in [0.29, 0.717) is 29.2 Å². The van der Waals surface area contributed by atoms with Crippen molar-refractivity contribution in [2.24, 2.45) is 0 Å². The van der Waals surface area contributed by atoms with Crippen LogP contribution in [0, 0.1) is 0 Å². The molecule has 0 spiro atoms. The van der Waals surface area contributed by atoms with Crippen molar-refractivity contribution in [3.8, 4) is 11.3 Å². The first kappa shape index (κ1) is 23.8. The highest BCUT2D eigenvalue weighted by molar-refractivity contribution is 9.10. The normalized spacial score (nSPS) is 16.2. The van der Waals surface area contributed by atoms with Gasteiger partial charge in [0.25, 0.3) is 5.91 Å². The van der Waals surface area contributed by atoms with Crippen molar-refractivity contribution in [1.82, 2.24) is 29.9 Å². The molecule has 1 fully saturated rings. The average Bonchev–Trinajstić information content (AvgIpc) is 3.29. The number of aromatic nitrogens is 5. The van der Waals surface area contributed by atoms with E-state index in [1.54, 1.807) is 40.0 Å². The van der Waals surface area contributed by atoms with Gasteiger partial charge in [-0.15, -0.1) is 5.10 Å². The predicted molar refractivity (Wildman–Crippen MR) is 129 cm³/mol. The molecule has 0 aromatic carbocycles. The Labute approximate surface area is 205 Å². The lowest BCUT2D eigenvalue weighted by atomic mass is 10.1. The zero-order chi connectivity index (χ0) is 24.3. The third-order valence-electron chi connectivity index (χ3n) is 5.18. The van der Waals surface area contributed by atoms with Crippen molar-refractivity contribution in [3.63, 3.8) is 0 Å². The maximum Gasteiger partial charge on any atom is 0.410 e. The summed E-state index contributed by atoms with van der Waals surface area (Å²) in [6, 6.07) is 8.66. The summed E-state index contributed by atoms with van der Waals surface area (Å²) >= 11 is 3.26. The van der Waals surface area contributed by atoms with Crippen molar-refractivity contribution in [2.75, 3.05) is 18.4 Å². The molecule has 1 saturated heterocycles. The van der Waals surface area contributed by atoms with E-state index in [9.17, 15) is 9.59 Å². The molecular weight excluding hydrogens is 502 g/mol. The second-order valence-corrected chi connectivity index (χ2v) is 9.85. The molecule has 0 bridgehead atoms. The smallest absolute Gasteiger partial charge is 0.410 e. The summed E-state index contributed by atoms with van der Waals surface area (Å²) in [5.74, 6) is 0.0579. The number of nitrogens with zero attached hydrogens (tertiary/aromatic N) is 6. The molecule has 1 aliphatic heterocycles. The second kappa shape index (κ2) is 9.88. The van der Waals surface area contributed by atoms with Crippen LogP contribution in [0.3, 0.4) is 0 Å². The summed E-state index contributed by atoms with van der Waals surface area (Å²) in [6.07, 6.45) is 4.94. The largest absolute Gasteiger partial charge is 0.444 e. The highest BCUT2D eigenvalue weighted by Crippen LogP contribution is 2.25. The number of anilines is 1. The van der Waals surface area contributed by atoms with Crippen LogP contribution in [0.4, 0.5) is 10.6 Å². The molecule has 1 unspecified atom stereocenters. The predicted octanol–water partition coefficient (Wildman–Crippen LogP) is 4.32. The maximum absolute atomic E-state index is 12.4. The van der Waals surface area contributed by atoms with Crippen LogP contribution in [0.2, 0.25) is 0 Å². The molecule has 1 N–H and O–H groups in total. The first-order valence-electron chi connectivity index (χ1n) is 11.0. The van der Waals surface area contributed by atoms with Crippen LogP contribution >= 0.6 is 15.9 Å². The van der Waals surface area contributed by atoms with Gasteiger partial charge >= 0.3 is 6.09 Å². The van der Waals surface area contributed by atoms with Crippen molar-refractivity contribution in [3.05, 3.63) is 53.0 Å². The minimum Gasteiger partial charge on any atom is -0.444 e. The van der Waals surface area contributed by atoms with Crippen molar-refractivity contribution < 1.29 is 14.3 Å². The van der Waals surface area contributed by atoms with Crippen LogP contribution in [0.5, 0.6) is 0 Å². The van der Waals surface area contributed by atoms with E-state index in [-0.39, 0.29) is 23.7 Å². The van der Waals surface area contributed by atoms with Gasteiger partial charge in [-0.3, -0.25) is 4.79 Å². The fraction of sp³-hybridized carbons (Fsp3) is 0.391. The van der Waals surface area contributed by atoms with Crippen LogP contribution in [0.15, 0.2) is 47.3 Å². The Morgan fingerprint density at radius 2 is 2.03 bits per heavy atom. The number of carbonyl (C=O) groups is 2. The highest BCUT2D eigenvalue weighted by Gasteiger charge is 2.29. The van der Waals surface area contributed by atoms with E-state index < -0.39 is 5.60 Å². The van der Waals surface area contributed by atoms with Gasteiger partial charge < -0.3 is 15.0 Å². The van der Waals surface area contributed by atoms with Crippen LogP contribution in [-0.4, -0.2) is 60.6 Å². The molecule has 4 heterocycles. The summed E-state index contributed by atoms with van der Waals surface area (Å²) in [5, 5.41) is 11.3. The van der Waals surface area contributed by atoms with E-state index in [1.165, 1.54) is 0 Å². The number of hydrogen-bond acceptors (Lipinski definition) is 7. The van der Waals surface area contributed by atoms with Gasteiger partial charge in [0.15, 0.2) is 0 Å². The quantitative estimate of drug-likeness (QED) is 0.502. The Balaban J connectivity index is 1.40. The molecule has 3 aromatic rings. The molecule has 0 saturated carbocycles. The summed E-state index contributed by atoms with van der Waals surface area (Å²) in [6.45, 7) is 6.76. The molecule has 2 amide bonds. The molecule has 0 radical (unpaired) electrons. The zero-order valence-corrected chi connectivity index (χ0v) is 20.8. The van der Waals surface area contributed by atoms with E-state index in [2.05, 4.69) is 41.5 Å². The van der Waals surface area contributed by atoms with Crippen LogP contribution < -0.4 is 5.32 Å². The summed E-state index contributed by atoms with van der Waals surface area (Å²) in [5.41, 5.74) is 1.19. The van der Waals surface area contributed by atoms with E-state index in [4.69, 9.17) is 4.74 Å². The minimum absolute atomic E-state index is 0.0201. The number of hydrogen-bond donors (Lipinski definition) is 1. The monoisotopic (exact) mass is 527 g/mol. The van der Waals surface area contributed by atoms with Gasteiger partial charge in [-0.1, -0.05) is 11.3 Å². The zero-order valence-electron chi connectivity index (χ0n) is 19.2. The Bertz CT molecular complexity index is 1170. The number of halogens is 1. The molecule has 0 aliphatic carbocycles. The maximum atomic E-state index is 12.4. The fourth-order valence-electron chi connectivity index (χ4n) is 3.58. The standard InChI is InChI=1S/C23H26BrN7O3/c1-23(2,3)34-22(33)30-11-5-6-16(13-30)31-14-18(28-29-31)15-9-10-20(25-12-15)27-21(32)17-7-4-8-19(24)26-17/h4,7-10,12,14,16H,5-6,11,13H2,1-3H3,(H,25,27,32). The van der Waals surface area contributed by atoms with Gasteiger partial charge in [0.05, 0.1) is 12.2 Å². The van der Waals surface area contributed by atoms with E-state index in [0.717, 1.165) is 18.4 Å². The number of rotatable bonds is 4. The Morgan fingerprint density at radius 3 is 2.74 bits per heavy atom. The van der Waals surface area contributed by atoms with Gasteiger partial charge in [0, 0.05) is 24.8 Å². The summed E-state index contributed by atoms with van der Waals surface area (Å²) in [4.78, 5) is 35.0. The number of ether oxygens (including phenoxy) is 1. The number of amides is 2. The lowest BCUT2D eigenvalue weighted by Gasteiger charge is -2.33. The first-order valence-corrected chi connectivity index (χ1v) is 11.8. The second-order valence-electron chi connectivity index (χ2n) is 9.04. The lowest BCUT2D eigenvalue weighted by molar-refractivity contribution is 0.0166. The summed E-state index contributed by atoms with van der Waals surface area (Å²) < 4.78 is 7.88. The topological polar surface area (TPSA) is 115 Å². The van der Waals surface area contributed by atoms with Crippen LogP contribution in [0.25, 0.3) is 11.3 Å². The molecule has 3 aromatic heterocycles. The van der Waals surface area contributed by atoms with Gasteiger partial charge in [0.2, 0.25) is 0 Å². The molecule has 4 rings (SSSR count). The third-order valence-corrected chi connectivity index (χ3v) is 5.62.